The number of hydrogen-bond acceptors (Lipinski definition) is 5. The fourth-order valence-corrected chi connectivity index (χ4v) is 2.74. The third-order valence-corrected chi connectivity index (χ3v) is 4.17. The second-order valence-electron chi connectivity index (χ2n) is 6.04. The highest BCUT2D eigenvalue weighted by Crippen LogP contribution is 2.27. The van der Waals surface area contributed by atoms with Crippen molar-refractivity contribution in [2.24, 2.45) is 0 Å². The maximum atomic E-state index is 12.3. The summed E-state index contributed by atoms with van der Waals surface area (Å²) in [5, 5.41) is 7.11. The van der Waals surface area contributed by atoms with E-state index in [9.17, 15) is 9.59 Å². The summed E-state index contributed by atoms with van der Waals surface area (Å²) in [5.41, 5.74) is 1.85. The number of hydrogen-bond donors (Lipinski definition) is 1. The Balaban J connectivity index is 1.73. The minimum Gasteiger partial charge on any atom is -0.497 e. The van der Waals surface area contributed by atoms with Gasteiger partial charge in [-0.3, -0.25) is 9.59 Å². The van der Waals surface area contributed by atoms with Gasteiger partial charge in [0.15, 0.2) is 0 Å². The van der Waals surface area contributed by atoms with Gasteiger partial charge in [-0.05, 0) is 35.9 Å². The first kappa shape index (κ1) is 19.2. The van der Waals surface area contributed by atoms with Crippen LogP contribution in [-0.4, -0.2) is 29.9 Å². The summed E-state index contributed by atoms with van der Waals surface area (Å²) in [7, 11) is 3.16. The van der Waals surface area contributed by atoms with Crippen LogP contribution in [0.1, 0.15) is 5.56 Å². The van der Waals surface area contributed by atoms with Gasteiger partial charge in [0.1, 0.15) is 18.0 Å². The normalized spacial score (nSPS) is 10.4. The number of aromatic nitrogens is 2. The van der Waals surface area contributed by atoms with Crippen LogP contribution < -0.4 is 20.3 Å². The molecule has 0 fully saturated rings. The monoisotopic (exact) mass is 379 g/mol. The van der Waals surface area contributed by atoms with Crippen molar-refractivity contribution in [3.8, 4) is 22.8 Å². The van der Waals surface area contributed by atoms with Gasteiger partial charge in [-0.2, -0.15) is 5.10 Å². The highest BCUT2D eigenvalue weighted by atomic mass is 16.5. The average Bonchev–Trinajstić information content (AvgIpc) is 2.74. The molecule has 1 N–H and O–H groups in total. The summed E-state index contributed by atoms with van der Waals surface area (Å²) in [6.45, 7) is 0.156. The summed E-state index contributed by atoms with van der Waals surface area (Å²) in [6, 6.07) is 17.8. The maximum absolute atomic E-state index is 12.3. The fourth-order valence-electron chi connectivity index (χ4n) is 2.74. The number of carbonyl (C=O) groups is 1. The molecule has 0 bridgehead atoms. The summed E-state index contributed by atoms with van der Waals surface area (Å²) >= 11 is 0. The van der Waals surface area contributed by atoms with E-state index in [-0.39, 0.29) is 18.0 Å². The van der Waals surface area contributed by atoms with Crippen molar-refractivity contribution in [3.05, 3.63) is 76.6 Å². The molecular weight excluding hydrogens is 358 g/mol. The number of nitrogens with zero attached hydrogens (tertiary/aromatic N) is 2. The van der Waals surface area contributed by atoms with Crippen LogP contribution in [0.15, 0.2) is 65.5 Å². The molecule has 7 heteroatoms. The lowest BCUT2D eigenvalue weighted by atomic mass is 10.1. The Labute approximate surface area is 162 Å². The van der Waals surface area contributed by atoms with E-state index in [4.69, 9.17) is 9.47 Å². The van der Waals surface area contributed by atoms with Crippen LogP contribution in [0.25, 0.3) is 11.3 Å². The lowest BCUT2D eigenvalue weighted by Gasteiger charge is -2.11. The number of nitrogens with one attached hydrogen (secondary N) is 1. The Bertz CT molecular complexity index is 1030. The van der Waals surface area contributed by atoms with E-state index in [1.807, 2.05) is 48.5 Å². The second-order valence-corrected chi connectivity index (χ2v) is 6.04. The Hall–Kier alpha value is -3.61. The van der Waals surface area contributed by atoms with Crippen molar-refractivity contribution >= 4 is 5.91 Å². The van der Waals surface area contributed by atoms with Crippen LogP contribution >= 0.6 is 0 Å². The number of ether oxygens (including phenoxy) is 2. The molecule has 3 aromatic rings. The average molecular weight is 379 g/mol. The molecule has 0 saturated heterocycles. The third-order valence-electron chi connectivity index (χ3n) is 4.17. The zero-order chi connectivity index (χ0) is 19.9. The van der Waals surface area contributed by atoms with Gasteiger partial charge >= 0.3 is 0 Å². The van der Waals surface area contributed by atoms with Crippen LogP contribution in [0.4, 0.5) is 0 Å². The molecular formula is C21H21N3O4. The van der Waals surface area contributed by atoms with E-state index in [0.29, 0.717) is 23.7 Å². The predicted molar refractivity (Wildman–Crippen MR) is 105 cm³/mol. The summed E-state index contributed by atoms with van der Waals surface area (Å²) in [5.74, 6) is 1.05. The SMILES string of the molecule is COc1cccc(CNC(=O)Cn2nc(-c3ccccc3OC)ccc2=O)c1. The third kappa shape index (κ3) is 4.56. The molecule has 0 saturated carbocycles. The molecule has 0 atom stereocenters. The maximum Gasteiger partial charge on any atom is 0.267 e. The predicted octanol–water partition coefficient (Wildman–Crippen LogP) is 2.24. The summed E-state index contributed by atoms with van der Waals surface area (Å²) in [6.07, 6.45) is 0. The Morgan fingerprint density at radius 3 is 2.64 bits per heavy atom. The van der Waals surface area contributed by atoms with Gasteiger partial charge in [-0.25, -0.2) is 4.68 Å². The van der Waals surface area contributed by atoms with Crippen molar-refractivity contribution in [2.45, 2.75) is 13.1 Å². The molecule has 0 radical (unpaired) electrons. The second kappa shape index (κ2) is 8.85. The number of para-hydroxylation sites is 1. The van der Waals surface area contributed by atoms with Gasteiger partial charge in [-0.1, -0.05) is 24.3 Å². The molecule has 0 unspecified atom stereocenters. The van der Waals surface area contributed by atoms with E-state index >= 15 is 0 Å². The number of amides is 1. The van der Waals surface area contributed by atoms with Gasteiger partial charge in [0.05, 0.1) is 19.9 Å². The van der Waals surface area contributed by atoms with E-state index in [0.717, 1.165) is 15.8 Å². The van der Waals surface area contributed by atoms with Gasteiger partial charge in [0.25, 0.3) is 5.56 Å². The zero-order valence-corrected chi connectivity index (χ0v) is 15.7. The Morgan fingerprint density at radius 1 is 1.04 bits per heavy atom. The molecule has 28 heavy (non-hydrogen) atoms. The van der Waals surface area contributed by atoms with Gasteiger partial charge < -0.3 is 14.8 Å². The number of rotatable bonds is 7. The zero-order valence-electron chi connectivity index (χ0n) is 15.7. The first-order valence-electron chi connectivity index (χ1n) is 8.72. The molecule has 1 aromatic heterocycles. The van der Waals surface area contributed by atoms with Gasteiger partial charge in [0.2, 0.25) is 5.91 Å². The van der Waals surface area contributed by atoms with Crippen molar-refractivity contribution < 1.29 is 14.3 Å². The quantitative estimate of drug-likeness (QED) is 0.681. The first-order valence-corrected chi connectivity index (χ1v) is 8.72. The van der Waals surface area contributed by atoms with Crippen molar-refractivity contribution in [2.75, 3.05) is 14.2 Å². The van der Waals surface area contributed by atoms with Crippen molar-refractivity contribution in [1.29, 1.82) is 0 Å². The van der Waals surface area contributed by atoms with Gasteiger partial charge in [0, 0.05) is 18.2 Å². The minimum absolute atomic E-state index is 0.175. The fraction of sp³-hybridized carbons (Fsp3) is 0.190. The molecule has 0 aliphatic carbocycles. The van der Waals surface area contributed by atoms with Crippen molar-refractivity contribution in [1.82, 2.24) is 15.1 Å². The minimum atomic E-state index is -0.352. The lowest BCUT2D eigenvalue weighted by Crippen LogP contribution is -2.33. The molecule has 2 aromatic carbocycles. The first-order chi connectivity index (χ1) is 13.6. The molecule has 1 heterocycles. The molecule has 0 aliphatic heterocycles. The largest absolute Gasteiger partial charge is 0.497 e. The summed E-state index contributed by atoms with van der Waals surface area (Å²) < 4.78 is 11.7. The highest BCUT2D eigenvalue weighted by molar-refractivity contribution is 5.75. The highest BCUT2D eigenvalue weighted by Gasteiger charge is 2.11. The Kier molecular flexibility index (Phi) is 6.06. The number of carbonyl (C=O) groups excluding carboxylic acids is 1. The van der Waals surface area contributed by atoms with Crippen LogP contribution in [0.5, 0.6) is 11.5 Å². The van der Waals surface area contributed by atoms with Crippen LogP contribution in [0.3, 0.4) is 0 Å². The smallest absolute Gasteiger partial charge is 0.267 e. The van der Waals surface area contributed by atoms with Crippen molar-refractivity contribution in [3.63, 3.8) is 0 Å². The van der Waals surface area contributed by atoms with Crippen LogP contribution in [0, 0.1) is 0 Å². The molecule has 1 amide bonds. The number of benzene rings is 2. The Morgan fingerprint density at radius 2 is 1.86 bits per heavy atom. The molecule has 0 aliphatic rings. The summed E-state index contributed by atoms with van der Waals surface area (Å²) in [4.78, 5) is 24.4. The van der Waals surface area contributed by atoms with E-state index in [2.05, 4.69) is 10.4 Å². The molecule has 3 rings (SSSR count). The molecule has 7 nitrogen and oxygen atoms in total. The topological polar surface area (TPSA) is 82.4 Å². The van der Waals surface area contributed by atoms with E-state index in [1.54, 1.807) is 20.3 Å². The van der Waals surface area contributed by atoms with Crippen LogP contribution in [0.2, 0.25) is 0 Å². The molecule has 144 valence electrons. The number of methoxy groups -OCH3 is 2. The van der Waals surface area contributed by atoms with E-state index < -0.39 is 0 Å². The standard InChI is InChI=1S/C21H21N3O4/c1-27-16-7-5-6-15(12-16)13-22-20(25)14-24-21(26)11-10-18(23-24)17-8-3-4-9-19(17)28-2/h3-12H,13-14H2,1-2H3,(H,22,25). The van der Waals surface area contributed by atoms with Crippen LogP contribution in [-0.2, 0) is 17.9 Å². The van der Waals surface area contributed by atoms with Gasteiger partial charge in [-0.15, -0.1) is 0 Å². The molecule has 0 spiro atoms. The lowest BCUT2D eigenvalue weighted by molar-refractivity contribution is -0.122. The van der Waals surface area contributed by atoms with E-state index in [1.165, 1.54) is 6.07 Å².